The summed E-state index contributed by atoms with van der Waals surface area (Å²) in [5.41, 5.74) is 0.528. The largest absolute Gasteiger partial charge is 0.341 e. The van der Waals surface area contributed by atoms with E-state index in [0.29, 0.717) is 5.57 Å². The predicted molar refractivity (Wildman–Crippen MR) is 56.4 cm³/mol. The van der Waals surface area contributed by atoms with E-state index in [-0.39, 0.29) is 5.76 Å². The van der Waals surface area contributed by atoms with Gasteiger partial charge in [-0.1, -0.05) is 31.4 Å². The van der Waals surface area contributed by atoms with Crippen LogP contribution in [0.1, 0.15) is 0 Å². The molecule has 0 atom stereocenters. The Morgan fingerprint density at radius 3 is 2.53 bits per heavy atom. The van der Waals surface area contributed by atoms with Gasteiger partial charge in [-0.15, -0.1) is 0 Å². The molecule has 0 fully saturated rings. The van der Waals surface area contributed by atoms with Crippen LogP contribution >= 0.6 is 0 Å². The molecule has 0 aliphatic heterocycles. The molecule has 0 saturated heterocycles. The summed E-state index contributed by atoms with van der Waals surface area (Å²) in [4.78, 5) is 13.3. The van der Waals surface area contributed by atoms with E-state index in [9.17, 15) is 10.1 Å². The van der Waals surface area contributed by atoms with E-state index in [1.807, 2.05) is 0 Å². The van der Waals surface area contributed by atoms with Crippen molar-refractivity contribution in [3.63, 3.8) is 0 Å². The lowest BCUT2D eigenvalue weighted by molar-refractivity contribution is -0.402. The molecule has 0 aliphatic carbocycles. The van der Waals surface area contributed by atoms with Crippen molar-refractivity contribution in [3.8, 4) is 0 Å². The van der Waals surface area contributed by atoms with Crippen molar-refractivity contribution in [2.24, 2.45) is 0 Å². The molecule has 5 nitrogen and oxygen atoms in total. The molecular weight excluding hydrogens is 198 g/mol. The molecular formula is C10H11NO4. The van der Waals surface area contributed by atoms with Crippen LogP contribution in [0.15, 0.2) is 61.1 Å². The van der Waals surface area contributed by atoms with Gasteiger partial charge in [-0.05, 0) is 11.6 Å². The first kappa shape index (κ1) is 12.9. The first-order valence-electron chi connectivity index (χ1n) is 3.93. The van der Waals surface area contributed by atoms with Crippen molar-refractivity contribution < 1.29 is 15.1 Å². The molecule has 0 saturated carbocycles. The van der Waals surface area contributed by atoms with Crippen LogP contribution < -0.4 is 0 Å². The van der Waals surface area contributed by atoms with Gasteiger partial charge in [0.2, 0.25) is 6.20 Å². The van der Waals surface area contributed by atoms with Gasteiger partial charge >= 0.3 is 0 Å². The first-order valence-corrected chi connectivity index (χ1v) is 3.93. The highest BCUT2D eigenvalue weighted by atomic mass is 17.1. The number of rotatable bonds is 6. The molecule has 0 aromatic carbocycles. The Labute approximate surface area is 87.1 Å². The maximum atomic E-state index is 10.1. The van der Waals surface area contributed by atoms with Crippen molar-refractivity contribution in [2.75, 3.05) is 0 Å². The Bertz CT molecular complexity index is 339. The highest BCUT2D eigenvalue weighted by Crippen LogP contribution is 2.03. The van der Waals surface area contributed by atoms with Crippen LogP contribution in [0.3, 0.4) is 0 Å². The van der Waals surface area contributed by atoms with E-state index in [2.05, 4.69) is 18.0 Å². The Morgan fingerprint density at radius 2 is 2.07 bits per heavy atom. The monoisotopic (exact) mass is 209 g/mol. The lowest BCUT2D eigenvalue weighted by Gasteiger charge is -1.93. The van der Waals surface area contributed by atoms with E-state index < -0.39 is 4.92 Å². The summed E-state index contributed by atoms with van der Waals surface area (Å²) in [7, 11) is 0. The van der Waals surface area contributed by atoms with Crippen LogP contribution in [-0.2, 0) is 4.89 Å². The Hall–Kier alpha value is -2.14. The first-order chi connectivity index (χ1) is 7.10. The minimum atomic E-state index is -0.581. The van der Waals surface area contributed by atoms with Crippen molar-refractivity contribution >= 4 is 0 Å². The van der Waals surface area contributed by atoms with Crippen LogP contribution in [0.2, 0.25) is 0 Å². The van der Waals surface area contributed by atoms with Crippen molar-refractivity contribution in [1.82, 2.24) is 0 Å². The van der Waals surface area contributed by atoms with Gasteiger partial charge in [-0.25, -0.2) is 5.26 Å². The summed E-state index contributed by atoms with van der Waals surface area (Å²) in [6.07, 6.45) is 7.96. The molecule has 0 unspecified atom stereocenters. The van der Waals surface area contributed by atoms with Gasteiger partial charge < -0.3 is 4.89 Å². The number of nitro groups is 1. The summed E-state index contributed by atoms with van der Waals surface area (Å²) < 4.78 is 0. The molecule has 0 heterocycles. The van der Waals surface area contributed by atoms with Crippen molar-refractivity contribution in [1.29, 1.82) is 0 Å². The molecule has 5 heteroatoms. The van der Waals surface area contributed by atoms with E-state index in [4.69, 9.17) is 5.26 Å². The quantitative estimate of drug-likeness (QED) is 0.240. The molecule has 0 aromatic heterocycles. The van der Waals surface area contributed by atoms with E-state index >= 15 is 0 Å². The Balaban J connectivity index is 4.63. The molecule has 1 N–H and O–H groups in total. The zero-order chi connectivity index (χ0) is 11.7. The van der Waals surface area contributed by atoms with Crippen LogP contribution in [0, 0.1) is 10.1 Å². The van der Waals surface area contributed by atoms with Crippen LogP contribution in [0.4, 0.5) is 0 Å². The topological polar surface area (TPSA) is 72.6 Å². The maximum absolute atomic E-state index is 10.1. The predicted octanol–water partition coefficient (Wildman–Crippen LogP) is 2.45. The van der Waals surface area contributed by atoms with Gasteiger partial charge in [0.15, 0.2) is 5.76 Å². The van der Waals surface area contributed by atoms with E-state index in [0.717, 1.165) is 6.20 Å². The summed E-state index contributed by atoms with van der Waals surface area (Å²) in [5.74, 6) is 0.0273. The Morgan fingerprint density at radius 1 is 1.40 bits per heavy atom. The summed E-state index contributed by atoms with van der Waals surface area (Å²) >= 11 is 0. The highest BCUT2D eigenvalue weighted by Gasteiger charge is 1.90. The fourth-order valence-corrected chi connectivity index (χ4v) is 0.669. The van der Waals surface area contributed by atoms with Gasteiger partial charge in [0.25, 0.3) is 0 Å². The SMILES string of the molecule is C=C/C=C(\C=C/C(=C)OO)/C=C/[N+](=O)[O-]. The minimum Gasteiger partial charge on any atom is -0.341 e. The maximum Gasteiger partial charge on any atom is 0.235 e. The van der Waals surface area contributed by atoms with Gasteiger partial charge in [-0.3, -0.25) is 10.1 Å². The molecule has 0 aliphatic rings. The average Bonchev–Trinajstić information content (AvgIpc) is 2.21. The highest BCUT2D eigenvalue weighted by molar-refractivity contribution is 5.34. The van der Waals surface area contributed by atoms with Crippen LogP contribution in [0.25, 0.3) is 0 Å². The fraction of sp³-hybridized carbons (Fsp3) is 0. The third-order valence-corrected chi connectivity index (χ3v) is 1.28. The number of allylic oxidation sites excluding steroid dienone is 6. The third kappa shape index (κ3) is 6.97. The molecule has 0 rings (SSSR count). The van der Waals surface area contributed by atoms with Crippen molar-refractivity contribution in [3.05, 3.63) is 71.2 Å². The molecule has 0 spiro atoms. The van der Waals surface area contributed by atoms with Gasteiger partial charge in [-0.2, -0.15) is 0 Å². The molecule has 80 valence electrons. The molecule has 0 amide bonds. The molecule has 0 bridgehead atoms. The number of hydrogen-bond donors (Lipinski definition) is 1. The summed E-state index contributed by atoms with van der Waals surface area (Å²) in [6, 6.07) is 0. The van der Waals surface area contributed by atoms with Crippen molar-refractivity contribution in [2.45, 2.75) is 0 Å². The molecule has 15 heavy (non-hydrogen) atoms. The van der Waals surface area contributed by atoms with Gasteiger partial charge in [0.05, 0.1) is 4.92 Å². The third-order valence-electron chi connectivity index (χ3n) is 1.28. The Kier molecular flexibility index (Phi) is 6.24. The normalized spacial score (nSPS) is 11.9. The fourth-order valence-electron chi connectivity index (χ4n) is 0.669. The summed E-state index contributed by atoms with van der Waals surface area (Å²) in [5, 5.41) is 18.2. The number of nitrogens with zero attached hydrogens (tertiary/aromatic N) is 1. The standard InChI is InChI=1S/C10H11NO4/c1-3-4-10(7-8-11(12)13)6-5-9(2)15-14/h3-8,14H,1-2H2/b6-5-,8-7+,10-4+. The molecule has 0 radical (unpaired) electrons. The second-order valence-electron chi connectivity index (χ2n) is 2.39. The van der Waals surface area contributed by atoms with Crippen LogP contribution in [0.5, 0.6) is 0 Å². The van der Waals surface area contributed by atoms with Gasteiger partial charge in [0.1, 0.15) is 0 Å². The second-order valence-corrected chi connectivity index (χ2v) is 2.39. The molecule has 0 aromatic rings. The smallest absolute Gasteiger partial charge is 0.235 e. The lowest BCUT2D eigenvalue weighted by atomic mass is 10.2. The van der Waals surface area contributed by atoms with Crippen LogP contribution in [-0.4, -0.2) is 10.2 Å². The van der Waals surface area contributed by atoms with E-state index in [1.165, 1.54) is 24.3 Å². The summed E-state index contributed by atoms with van der Waals surface area (Å²) in [6.45, 7) is 6.79. The van der Waals surface area contributed by atoms with E-state index in [1.54, 1.807) is 6.08 Å². The second kappa shape index (κ2) is 7.28. The zero-order valence-corrected chi connectivity index (χ0v) is 8.00. The van der Waals surface area contributed by atoms with Gasteiger partial charge in [0, 0.05) is 6.08 Å². The minimum absolute atomic E-state index is 0.0273. The zero-order valence-electron chi connectivity index (χ0n) is 8.00. The number of hydrogen-bond acceptors (Lipinski definition) is 4. The average molecular weight is 209 g/mol. The lowest BCUT2D eigenvalue weighted by Crippen LogP contribution is -1.84.